The van der Waals surface area contributed by atoms with Gasteiger partial charge in [-0.1, -0.05) is 6.07 Å². The molecule has 20 heavy (non-hydrogen) atoms. The van der Waals surface area contributed by atoms with E-state index >= 15 is 0 Å². The number of imidazole rings is 1. The van der Waals surface area contributed by atoms with Crippen molar-refractivity contribution in [2.45, 2.75) is 19.3 Å². The number of fused-ring (bicyclic) bond motifs is 1. The van der Waals surface area contributed by atoms with E-state index in [1.165, 1.54) is 25.9 Å². The summed E-state index contributed by atoms with van der Waals surface area (Å²) < 4.78 is 0. The Labute approximate surface area is 118 Å². The summed E-state index contributed by atoms with van der Waals surface area (Å²) in [6, 6.07) is 5.89. The molecule has 5 heteroatoms. The molecule has 1 aromatic carbocycles. The molecule has 0 bridgehead atoms. The van der Waals surface area contributed by atoms with E-state index in [0.717, 1.165) is 29.7 Å². The summed E-state index contributed by atoms with van der Waals surface area (Å²) in [6.07, 6.45) is 4.68. The molecule has 0 atom stereocenters. The Hall–Kier alpha value is -1.88. The normalized spacial score (nSPS) is 15.8. The standard InChI is InChI=1S/C15H20N4O/c20-15(16-5-8-19-6-1-2-7-19)10-12-3-4-13-14(9-12)18-11-17-13/h3-4,9,11H,1-2,5-8,10H2,(H,16,20)(H,17,18). The average Bonchev–Trinajstić information content (AvgIpc) is 3.08. The fraction of sp³-hybridized carbons (Fsp3) is 0.467. The molecular formula is C15H20N4O. The minimum atomic E-state index is 0.0862. The Morgan fingerprint density at radius 3 is 3.05 bits per heavy atom. The van der Waals surface area contributed by atoms with Crippen molar-refractivity contribution in [2.24, 2.45) is 0 Å². The fourth-order valence-corrected chi connectivity index (χ4v) is 2.70. The minimum Gasteiger partial charge on any atom is -0.355 e. The summed E-state index contributed by atoms with van der Waals surface area (Å²) in [4.78, 5) is 21.5. The lowest BCUT2D eigenvalue weighted by molar-refractivity contribution is -0.120. The molecule has 0 spiro atoms. The number of hydrogen-bond donors (Lipinski definition) is 2. The van der Waals surface area contributed by atoms with Gasteiger partial charge in [-0.25, -0.2) is 4.98 Å². The smallest absolute Gasteiger partial charge is 0.224 e. The van der Waals surface area contributed by atoms with E-state index in [2.05, 4.69) is 20.2 Å². The monoisotopic (exact) mass is 272 g/mol. The van der Waals surface area contributed by atoms with Gasteiger partial charge in [-0.3, -0.25) is 4.79 Å². The molecule has 0 saturated carbocycles. The average molecular weight is 272 g/mol. The first-order valence-corrected chi connectivity index (χ1v) is 7.22. The Balaban J connectivity index is 1.47. The highest BCUT2D eigenvalue weighted by Crippen LogP contribution is 2.12. The number of carbonyl (C=O) groups is 1. The Bertz CT molecular complexity index is 586. The number of rotatable bonds is 5. The molecular weight excluding hydrogens is 252 g/mol. The van der Waals surface area contributed by atoms with Crippen molar-refractivity contribution >= 4 is 16.9 Å². The van der Waals surface area contributed by atoms with Gasteiger partial charge >= 0.3 is 0 Å². The van der Waals surface area contributed by atoms with Crippen LogP contribution in [-0.2, 0) is 11.2 Å². The zero-order valence-corrected chi connectivity index (χ0v) is 11.6. The highest BCUT2D eigenvalue weighted by atomic mass is 16.1. The number of nitrogens with one attached hydrogen (secondary N) is 2. The molecule has 0 radical (unpaired) electrons. The molecule has 5 nitrogen and oxygen atoms in total. The van der Waals surface area contributed by atoms with Crippen molar-refractivity contribution in [3.8, 4) is 0 Å². The molecule has 1 saturated heterocycles. The van der Waals surface area contributed by atoms with Crippen LogP contribution in [0.5, 0.6) is 0 Å². The molecule has 106 valence electrons. The second-order valence-electron chi connectivity index (χ2n) is 5.33. The van der Waals surface area contributed by atoms with Crippen LogP contribution in [0.25, 0.3) is 11.0 Å². The molecule has 1 fully saturated rings. The number of aromatic nitrogens is 2. The first-order chi connectivity index (χ1) is 9.81. The van der Waals surface area contributed by atoms with E-state index < -0.39 is 0 Å². The predicted molar refractivity (Wildman–Crippen MR) is 78.5 cm³/mol. The van der Waals surface area contributed by atoms with Crippen LogP contribution in [0, 0.1) is 0 Å². The molecule has 2 heterocycles. The summed E-state index contributed by atoms with van der Waals surface area (Å²) >= 11 is 0. The summed E-state index contributed by atoms with van der Waals surface area (Å²) in [7, 11) is 0. The van der Waals surface area contributed by atoms with Gasteiger partial charge in [0.25, 0.3) is 0 Å². The van der Waals surface area contributed by atoms with Gasteiger partial charge in [-0.2, -0.15) is 0 Å². The van der Waals surface area contributed by atoms with Crippen molar-refractivity contribution < 1.29 is 4.79 Å². The SMILES string of the molecule is O=C(Cc1ccc2nc[nH]c2c1)NCCN1CCCC1. The van der Waals surface area contributed by atoms with Gasteiger partial charge in [-0.15, -0.1) is 0 Å². The van der Waals surface area contributed by atoms with Crippen LogP contribution < -0.4 is 5.32 Å². The molecule has 0 unspecified atom stereocenters. The largest absolute Gasteiger partial charge is 0.355 e. The quantitative estimate of drug-likeness (QED) is 0.863. The van der Waals surface area contributed by atoms with E-state index in [-0.39, 0.29) is 5.91 Å². The Morgan fingerprint density at radius 1 is 1.35 bits per heavy atom. The maximum atomic E-state index is 11.9. The van der Waals surface area contributed by atoms with E-state index in [1.807, 2.05) is 18.2 Å². The van der Waals surface area contributed by atoms with Crippen molar-refractivity contribution in [1.82, 2.24) is 20.2 Å². The van der Waals surface area contributed by atoms with Crippen LogP contribution in [0.1, 0.15) is 18.4 Å². The second kappa shape index (κ2) is 6.05. The van der Waals surface area contributed by atoms with Crippen LogP contribution >= 0.6 is 0 Å². The topological polar surface area (TPSA) is 61.0 Å². The van der Waals surface area contributed by atoms with Gasteiger partial charge in [-0.05, 0) is 43.6 Å². The molecule has 1 aliphatic heterocycles. The molecule has 1 amide bonds. The highest BCUT2D eigenvalue weighted by Gasteiger charge is 2.11. The third-order valence-electron chi connectivity index (χ3n) is 3.80. The van der Waals surface area contributed by atoms with Crippen LogP contribution in [0.15, 0.2) is 24.5 Å². The lowest BCUT2D eigenvalue weighted by Gasteiger charge is -2.14. The number of carbonyl (C=O) groups excluding carboxylic acids is 1. The third-order valence-corrected chi connectivity index (χ3v) is 3.80. The van der Waals surface area contributed by atoms with Crippen molar-refractivity contribution in [3.05, 3.63) is 30.1 Å². The summed E-state index contributed by atoms with van der Waals surface area (Å²) in [5, 5.41) is 2.99. The van der Waals surface area contributed by atoms with Crippen molar-refractivity contribution in [2.75, 3.05) is 26.2 Å². The summed E-state index contributed by atoms with van der Waals surface area (Å²) in [5.74, 6) is 0.0862. The molecule has 0 aliphatic carbocycles. The number of hydrogen-bond acceptors (Lipinski definition) is 3. The maximum absolute atomic E-state index is 11.9. The van der Waals surface area contributed by atoms with E-state index in [0.29, 0.717) is 6.42 Å². The zero-order valence-electron chi connectivity index (χ0n) is 11.6. The predicted octanol–water partition coefficient (Wildman–Crippen LogP) is 1.32. The first-order valence-electron chi connectivity index (χ1n) is 7.22. The van der Waals surface area contributed by atoms with Gasteiger partial charge in [0.05, 0.1) is 23.8 Å². The Morgan fingerprint density at radius 2 is 2.20 bits per heavy atom. The Kier molecular flexibility index (Phi) is 3.97. The number of amides is 1. The van der Waals surface area contributed by atoms with E-state index in [1.54, 1.807) is 6.33 Å². The fourth-order valence-electron chi connectivity index (χ4n) is 2.70. The number of nitrogens with zero attached hydrogens (tertiary/aromatic N) is 2. The van der Waals surface area contributed by atoms with Crippen molar-refractivity contribution in [1.29, 1.82) is 0 Å². The lowest BCUT2D eigenvalue weighted by atomic mass is 10.1. The van der Waals surface area contributed by atoms with Crippen LogP contribution in [0.2, 0.25) is 0 Å². The minimum absolute atomic E-state index is 0.0862. The van der Waals surface area contributed by atoms with E-state index in [9.17, 15) is 4.79 Å². The van der Waals surface area contributed by atoms with Crippen LogP contribution in [0.3, 0.4) is 0 Å². The molecule has 1 aliphatic rings. The highest BCUT2D eigenvalue weighted by molar-refractivity contribution is 5.81. The van der Waals surface area contributed by atoms with Crippen LogP contribution in [-0.4, -0.2) is 47.0 Å². The van der Waals surface area contributed by atoms with Crippen LogP contribution in [0.4, 0.5) is 0 Å². The number of likely N-dealkylation sites (tertiary alicyclic amines) is 1. The van der Waals surface area contributed by atoms with Gasteiger partial charge in [0.2, 0.25) is 5.91 Å². The summed E-state index contributed by atoms with van der Waals surface area (Å²) in [6.45, 7) is 4.05. The zero-order chi connectivity index (χ0) is 13.8. The number of benzene rings is 1. The van der Waals surface area contributed by atoms with Gasteiger partial charge in [0.1, 0.15) is 0 Å². The molecule has 3 rings (SSSR count). The molecule has 2 N–H and O–H groups in total. The second-order valence-corrected chi connectivity index (χ2v) is 5.33. The first kappa shape index (κ1) is 13.1. The molecule has 2 aromatic rings. The molecule has 1 aromatic heterocycles. The summed E-state index contributed by atoms with van der Waals surface area (Å²) in [5.41, 5.74) is 2.93. The van der Waals surface area contributed by atoms with Gasteiger partial charge in [0.15, 0.2) is 0 Å². The third kappa shape index (κ3) is 3.17. The number of aromatic amines is 1. The lowest BCUT2D eigenvalue weighted by Crippen LogP contribution is -2.34. The van der Waals surface area contributed by atoms with E-state index in [4.69, 9.17) is 0 Å². The van der Waals surface area contributed by atoms with Crippen molar-refractivity contribution in [3.63, 3.8) is 0 Å². The number of H-pyrrole nitrogens is 1. The van der Waals surface area contributed by atoms with Gasteiger partial charge in [0, 0.05) is 13.1 Å². The van der Waals surface area contributed by atoms with Gasteiger partial charge < -0.3 is 15.2 Å². The maximum Gasteiger partial charge on any atom is 0.224 e.